The SMILES string of the molecule is O=C(CSc1nnc2c(n1)[nH]c1ccc(F)cc12)NCc1ccccc1F. The molecule has 0 aliphatic carbocycles. The maximum absolute atomic E-state index is 13.5. The summed E-state index contributed by atoms with van der Waals surface area (Å²) >= 11 is 1.11. The van der Waals surface area contributed by atoms with Crippen LogP contribution in [0.1, 0.15) is 5.56 Å². The normalized spacial score (nSPS) is 11.2. The zero-order valence-corrected chi connectivity index (χ0v) is 14.7. The Morgan fingerprint density at radius 2 is 2.00 bits per heavy atom. The van der Waals surface area contributed by atoms with Crippen molar-refractivity contribution in [1.29, 1.82) is 0 Å². The van der Waals surface area contributed by atoms with Crippen LogP contribution in [0.4, 0.5) is 8.78 Å². The van der Waals surface area contributed by atoms with Crippen molar-refractivity contribution in [3.8, 4) is 0 Å². The van der Waals surface area contributed by atoms with Crippen LogP contribution in [0.25, 0.3) is 22.1 Å². The largest absolute Gasteiger partial charge is 0.351 e. The average Bonchev–Trinajstić information content (AvgIpc) is 3.02. The minimum Gasteiger partial charge on any atom is -0.351 e. The number of hydrogen-bond acceptors (Lipinski definition) is 5. The van der Waals surface area contributed by atoms with Crippen LogP contribution in [-0.2, 0) is 11.3 Å². The van der Waals surface area contributed by atoms with Gasteiger partial charge in [-0.1, -0.05) is 30.0 Å². The lowest BCUT2D eigenvalue weighted by atomic mass is 10.2. The maximum atomic E-state index is 13.5. The van der Waals surface area contributed by atoms with Crippen LogP contribution in [0.15, 0.2) is 47.6 Å². The predicted octanol–water partition coefficient (Wildman–Crippen LogP) is 3.19. The summed E-state index contributed by atoms with van der Waals surface area (Å²) in [4.78, 5) is 19.3. The van der Waals surface area contributed by atoms with Gasteiger partial charge in [0, 0.05) is 23.0 Å². The second-order valence-corrected chi connectivity index (χ2v) is 6.71. The first-order chi connectivity index (χ1) is 13.1. The molecule has 2 heterocycles. The third-order valence-corrected chi connectivity index (χ3v) is 4.76. The summed E-state index contributed by atoms with van der Waals surface area (Å²) in [5, 5.41) is 11.6. The van der Waals surface area contributed by atoms with E-state index in [1.165, 1.54) is 18.2 Å². The summed E-state index contributed by atoms with van der Waals surface area (Å²) in [5.41, 5.74) is 2.07. The number of carbonyl (C=O) groups is 1. The Bertz CT molecular complexity index is 1150. The first-order valence-corrected chi connectivity index (χ1v) is 9.03. The van der Waals surface area contributed by atoms with Crippen LogP contribution >= 0.6 is 11.8 Å². The van der Waals surface area contributed by atoms with E-state index in [0.29, 0.717) is 32.8 Å². The van der Waals surface area contributed by atoms with Crippen molar-refractivity contribution in [2.24, 2.45) is 0 Å². The Kier molecular flexibility index (Phi) is 4.68. The van der Waals surface area contributed by atoms with Crippen LogP contribution < -0.4 is 5.32 Å². The van der Waals surface area contributed by atoms with E-state index in [2.05, 4.69) is 25.5 Å². The number of halogens is 2. The number of nitrogens with zero attached hydrogens (tertiary/aromatic N) is 3. The quantitative estimate of drug-likeness (QED) is 0.516. The first kappa shape index (κ1) is 17.3. The van der Waals surface area contributed by atoms with Crippen molar-refractivity contribution >= 4 is 39.7 Å². The molecule has 0 atom stereocenters. The van der Waals surface area contributed by atoms with Gasteiger partial charge in [-0.05, 0) is 24.3 Å². The number of H-pyrrole nitrogens is 1. The molecule has 0 saturated carbocycles. The zero-order valence-electron chi connectivity index (χ0n) is 13.9. The fourth-order valence-corrected chi connectivity index (χ4v) is 3.22. The first-order valence-electron chi connectivity index (χ1n) is 8.05. The van der Waals surface area contributed by atoms with E-state index in [-0.39, 0.29) is 29.8 Å². The highest BCUT2D eigenvalue weighted by atomic mass is 32.2. The van der Waals surface area contributed by atoms with Gasteiger partial charge in [0.1, 0.15) is 17.2 Å². The molecule has 4 aromatic rings. The van der Waals surface area contributed by atoms with Gasteiger partial charge in [-0.2, -0.15) is 0 Å². The fraction of sp³-hybridized carbons (Fsp3) is 0.111. The lowest BCUT2D eigenvalue weighted by Crippen LogP contribution is -2.25. The smallest absolute Gasteiger partial charge is 0.230 e. The van der Waals surface area contributed by atoms with Crippen molar-refractivity contribution < 1.29 is 13.6 Å². The van der Waals surface area contributed by atoms with E-state index in [4.69, 9.17) is 0 Å². The minimum atomic E-state index is -0.366. The number of rotatable bonds is 5. The number of hydrogen-bond donors (Lipinski definition) is 2. The van der Waals surface area contributed by atoms with Gasteiger partial charge in [0.25, 0.3) is 0 Å². The monoisotopic (exact) mass is 385 g/mol. The van der Waals surface area contributed by atoms with Crippen molar-refractivity contribution in [3.63, 3.8) is 0 Å². The number of thioether (sulfide) groups is 1. The highest BCUT2D eigenvalue weighted by Gasteiger charge is 2.12. The van der Waals surface area contributed by atoms with Crippen molar-refractivity contribution in [1.82, 2.24) is 25.5 Å². The van der Waals surface area contributed by atoms with Gasteiger partial charge in [0.15, 0.2) is 5.65 Å². The Balaban J connectivity index is 1.42. The number of aromatic nitrogens is 4. The molecule has 0 fully saturated rings. The van der Waals surface area contributed by atoms with E-state index in [0.717, 1.165) is 11.8 Å². The van der Waals surface area contributed by atoms with Crippen molar-refractivity contribution in [3.05, 3.63) is 59.7 Å². The molecule has 2 aromatic carbocycles. The van der Waals surface area contributed by atoms with E-state index in [1.807, 2.05) is 0 Å². The van der Waals surface area contributed by atoms with Gasteiger partial charge < -0.3 is 10.3 Å². The Morgan fingerprint density at radius 1 is 1.15 bits per heavy atom. The van der Waals surface area contributed by atoms with E-state index < -0.39 is 0 Å². The van der Waals surface area contributed by atoms with E-state index in [9.17, 15) is 13.6 Å². The Hall–Kier alpha value is -3.07. The van der Waals surface area contributed by atoms with Crippen LogP contribution in [0.5, 0.6) is 0 Å². The molecule has 0 saturated heterocycles. The topological polar surface area (TPSA) is 83.6 Å². The van der Waals surface area contributed by atoms with Gasteiger partial charge in [-0.3, -0.25) is 4.79 Å². The third-order valence-electron chi connectivity index (χ3n) is 3.92. The van der Waals surface area contributed by atoms with Crippen LogP contribution in [-0.4, -0.2) is 31.8 Å². The number of fused-ring (bicyclic) bond motifs is 3. The summed E-state index contributed by atoms with van der Waals surface area (Å²) in [7, 11) is 0. The molecule has 4 rings (SSSR count). The zero-order chi connectivity index (χ0) is 18.8. The summed E-state index contributed by atoms with van der Waals surface area (Å²) < 4.78 is 26.9. The molecular weight excluding hydrogens is 372 g/mol. The molecule has 6 nitrogen and oxygen atoms in total. The lowest BCUT2D eigenvalue weighted by molar-refractivity contribution is -0.118. The van der Waals surface area contributed by atoms with Crippen LogP contribution in [0, 0.1) is 11.6 Å². The van der Waals surface area contributed by atoms with Crippen molar-refractivity contribution in [2.75, 3.05) is 5.75 Å². The lowest BCUT2D eigenvalue weighted by Gasteiger charge is -2.05. The van der Waals surface area contributed by atoms with Gasteiger partial charge in [-0.25, -0.2) is 13.8 Å². The number of nitrogens with one attached hydrogen (secondary N) is 2. The molecule has 27 heavy (non-hydrogen) atoms. The molecule has 0 aliphatic rings. The maximum Gasteiger partial charge on any atom is 0.230 e. The minimum absolute atomic E-state index is 0.0660. The van der Waals surface area contributed by atoms with Crippen LogP contribution in [0.3, 0.4) is 0 Å². The molecule has 2 N–H and O–H groups in total. The molecule has 0 radical (unpaired) electrons. The molecule has 9 heteroatoms. The molecule has 0 spiro atoms. The van der Waals surface area contributed by atoms with Gasteiger partial charge >= 0.3 is 0 Å². The van der Waals surface area contributed by atoms with E-state index >= 15 is 0 Å². The molecule has 136 valence electrons. The highest BCUT2D eigenvalue weighted by Crippen LogP contribution is 2.24. The number of carbonyl (C=O) groups excluding carboxylic acids is 1. The second-order valence-electron chi connectivity index (χ2n) is 5.76. The Morgan fingerprint density at radius 3 is 2.85 bits per heavy atom. The molecule has 0 unspecified atom stereocenters. The number of amides is 1. The molecule has 0 bridgehead atoms. The molecule has 0 aliphatic heterocycles. The Labute approximate surface area is 156 Å². The summed E-state index contributed by atoms with van der Waals surface area (Å²) in [6, 6.07) is 10.6. The second kappa shape index (κ2) is 7.28. The fourth-order valence-electron chi connectivity index (χ4n) is 2.61. The van der Waals surface area contributed by atoms with Crippen molar-refractivity contribution in [2.45, 2.75) is 11.7 Å². The summed E-state index contributed by atoms with van der Waals surface area (Å²) in [5.74, 6) is -0.934. The average molecular weight is 385 g/mol. The third kappa shape index (κ3) is 3.72. The molecular formula is C18H13F2N5OS. The molecule has 1 amide bonds. The van der Waals surface area contributed by atoms with Gasteiger partial charge in [0.05, 0.1) is 5.75 Å². The standard InChI is InChI=1S/C18H13F2N5OS/c19-11-5-6-14-12(7-11)16-17(22-14)23-18(25-24-16)27-9-15(26)21-8-10-3-1-2-4-13(10)20/h1-7H,8-9H2,(H,21,26)(H,22,23,25). The highest BCUT2D eigenvalue weighted by molar-refractivity contribution is 7.99. The van der Waals surface area contributed by atoms with Crippen LogP contribution in [0.2, 0.25) is 0 Å². The number of benzene rings is 2. The number of aromatic amines is 1. The molecule has 2 aromatic heterocycles. The summed E-state index contributed by atoms with van der Waals surface area (Å²) in [6.45, 7) is 0.109. The van der Waals surface area contributed by atoms with E-state index in [1.54, 1.807) is 24.3 Å². The van der Waals surface area contributed by atoms with Gasteiger partial charge in [-0.15, -0.1) is 10.2 Å². The summed E-state index contributed by atoms with van der Waals surface area (Å²) in [6.07, 6.45) is 0. The predicted molar refractivity (Wildman–Crippen MR) is 98.1 cm³/mol. The van der Waals surface area contributed by atoms with Gasteiger partial charge in [0.2, 0.25) is 11.1 Å².